The fraction of sp³-hybridized carbons (Fsp3) is 0.353. The van der Waals surface area contributed by atoms with Gasteiger partial charge in [0.15, 0.2) is 0 Å². The molecule has 1 fully saturated rings. The first-order valence-electron chi connectivity index (χ1n) is 8.03. The zero-order valence-corrected chi connectivity index (χ0v) is 14.4. The van der Waals surface area contributed by atoms with Gasteiger partial charge in [0, 0.05) is 39.0 Å². The highest BCUT2D eigenvalue weighted by molar-refractivity contribution is 7.89. The zero-order valence-electron chi connectivity index (χ0n) is 13.6. The second kappa shape index (κ2) is 7.37. The van der Waals surface area contributed by atoms with E-state index in [1.807, 2.05) is 6.07 Å². The van der Waals surface area contributed by atoms with Crippen LogP contribution in [0.25, 0.3) is 0 Å². The summed E-state index contributed by atoms with van der Waals surface area (Å²) in [7, 11) is -3.74. The average Bonchev–Trinajstić information content (AvgIpc) is 3.13. The molecule has 6 nitrogen and oxygen atoms in total. The van der Waals surface area contributed by atoms with Crippen molar-refractivity contribution in [2.75, 3.05) is 26.2 Å². The van der Waals surface area contributed by atoms with Gasteiger partial charge in [0.25, 0.3) is 0 Å². The van der Waals surface area contributed by atoms with Gasteiger partial charge in [-0.3, -0.25) is 4.79 Å². The highest BCUT2D eigenvalue weighted by atomic mass is 32.2. The van der Waals surface area contributed by atoms with Gasteiger partial charge in [-0.15, -0.1) is 0 Å². The van der Waals surface area contributed by atoms with Crippen LogP contribution in [0.1, 0.15) is 12.2 Å². The van der Waals surface area contributed by atoms with Crippen LogP contribution in [0, 0.1) is 5.82 Å². The van der Waals surface area contributed by atoms with Crippen molar-refractivity contribution in [1.29, 1.82) is 0 Å². The maximum Gasteiger partial charge on any atom is 0.243 e. The third-order valence-corrected chi connectivity index (χ3v) is 6.09. The van der Waals surface area contributed by atoms with E-state index >= 15 is 0 Å². The van der Waals surface area contributed by atoms with Crippen molar-refractivity contribution in [3.05, 3.63) is 54.2 Å². The predicted octanol–water partition coefficient (Wildman–Crippen LogP) is 1.88. The first-order chi connectivity index (χ1) is 12.0. The number of nitrogens with zero attached hydrogens (tertiary/aromatic N) is 2. The van der Waals surface area contributed by atoms with Gasteiger partial charge in [-0.1, -0.05) is 6.07 Å². The normalized spacial score (nSPS) is 16.1. The van der Waals surface area contributed by atoms with Gasteiger partial charge >= 0.3 is 0 Å². The second-order valence-electron chi connectivity index (χ2n) is 5.82. The summed E-state index contributed by atoms with van der Waals surface area (Å²) < 4.78 is 44.9. The van der Waals surface area contributed by atoms with Gasteiger partial charge in [-0.05, 0) is 30.3 Å². The number of aryl methyl sites for hydroxylation is 1. The minimum Gasteiger partial charge on any atom is -0.469 e. The molecule has 25 heavy (non-hydrogen) atoms. The van der Waals surface area contributed by atoms with Gasteiger partial charge in [0.1, 0.15) is 11.6 Å². The van der Waals surface area contributed by atoms with Gasteiger partial charge in [-0.25, -0.2) is 12.8 Å². The van der Waals surface area contributed by atoms with Crippen molar-refractivity contribution in [2.24, 2.45) is 0 Å². The molecule has 0 radical (unpaired) electrons. The van der Waals surface area contributed by atoms with E-state index in [0.29, 0.717) is 25.9 Å². The van der Waals surface area contributed by atoms with Crippen molar-refractivity contribution in [3.8, 4) is 0 Å². The molecule has 1 amide bonds. The molecule has 0 saturated carbocycles. The van der Waals surface area contributed by atoms with Crippen LogP contribution in [0.2, 0.25) is 0 Å². The molecule has 134 valence electrons. The van der Waals surface area contributed by atoms with Crippen LogP contribution in [0.4, 0.5) is 4.39 Å². The molecule has 2 heterocycles. The number of halogens is 1. The van der Waals surface area contributed by atoms with Crippen molar-refractivity contribution in [2.45, 2.75) is 17.7 Å². The van der Waals surface area contributed by atoms with E-state index in [1.54, 1.807) is 17.2 Å². The molecule has 0 bridgehead atoms. The molecular weight excluding hydrogens is 347 g/mol. The molecule has 0 N–H and O–H groups in total. The molecule has 0 spiro atoms. The summed E-state index contributed by atoms with van der Waals surface area (Å²) in [5.74, 6) is 0.132. The van der Waals surface area contributed by atoms with Crippen molar-refractivity contribution in [1.82, 2.24) is 9.21 Å². The maximum absolute atomic E-state index is 13.3. The van der Waals surface area contributed by atoms with Crippen molar-refractivity contribution >= 4 is 15.9 Å². The van der Waals surface area contributed by atoms with E-state index in [4.69, 9.17) is 4.42 Å². The van der Waals surface area contributed by atoms with Crippen LogP contribution in [0.5, 0.6) is 0 Å². The topological polar surface area (TPSA) is 70.8 Å². The Morgan fingerprint density at radius 3 is 2.52 bits per heavy atom. The summed E-state index contributed by atoms with van der Waals surface area (Å²) in [5.41, 5.74) is 0. The van der Waals surface area contributed by atoms with Gasteiger partial charge < -0.3 is 9.32 Å². The van der Waals surface area contributed by atoms with E-state index in [9.17, 15) is 17.6 Å². The molecular formula is C17H19FN2O4S. The Labute approximate surface area is 145 Å². The number of carbonyl (C=O) groups excluding carboxylic acids is 1. The second-order valence-corrected chi connectivity index (χ2v) is 7.76. The Morgan fingerprint density at radius 2 is 1.88 bits per heavy atom. The lowest BCUT2D eigenvalue weighted by Crippen LogP contribution is -2.50. The molecule has 2 aromatic rings. The number of hydrogen-bond acceptors (Lipinski definition) is 4. The average molecular weight is 366 g/mol. The molecule has 1 aromatic carbocycles. The van der Waals surface area contributed by atoms with Crippen LogP contribution < -0.4 is 0 Å². The van der Waals surface area contributed by atoms with Crippen LogP contribution >= 0.6 is 0 Å². The molecule has 0 unspecified atom stereocenters. The third-order valence-electron chi connectivity index (χ3n) is 4.19. The SMILES string of the molecule is O=C(CCc1ccco1)N1CCN(S(=O)(=O)c2cccc(F)c2)CC1. The highest BCUT2D eigenvalue weighted by Crippen LogP contribution is 2.19. The Balaban J connectivity index is 1.57. The Morgan fingerprint density at radius 1 is 1.12 bits per heavy atom. The fourth-order valence-electron chi connectivity index (χ4n) is 2.80. The van der Waals surface area contributed by atoms with Crippen LogP contribution in [0.3, 0.4) is 0 Å². The zero-order chi connectivity index (χ0) is 17.9. The third kappa shape index (κ3) is 4.08. The monoisotopic (exact) mass is 366 g/mol. The van der Waals surface area contributed by atoms with E-state index in [0.717, 1.165) is 11.8 Å². The van der Waals surface area contributed by atoms with Crippen LogP contribution in [-0.2, 0) is 21.2 Å². The molecule has 1 aliphatic rings. The summed E-state index contributed by atoms with van der Waals surface area (Å²) in [4.78, 5) is 13.8. The molecule has 1 aliphatic heterocycles. The largest absolute Gasteiger partial charge is 0.469 e. The Hall–Kier alpha value is -2.19. The van der Waals surface area contributed by atoms with Crippen LogP contribution in [0.15, 0.2) is 52.0 Å². The van der Waals surface area contributed by atoms with E-state index in [1.165, 1.54) is 22.5 Å². The molecule has 8 heteroatoms. The summed E-state index contributed by atoms with van der Waals surface area (Å²) >= 11 is 0. The summed E-state index contributed by atoms with van der Waals surface area (Å²) in [5, 5.41) is 0. The van der Waals surface area contributed by atoms with Crippen LogP contribution in [-0.4, -0.2) is 49.7 Å². The van der Waals surface area contributed by atoms with Gasteiger partial charge in [-0.2, -0.15) is 4.31 Å². The van der Waals surface area contributed by atoms with E-state index < -0.39 is 15.8 Å². The minimum atomic E-state index is -3.74. The number of sulfonamides is 1. The number of rotatable bonds is 5. The van der Waals surface area contributed by atoms with Gasteiger partial charge in [0.05, 0.1) is 11.2 Å². The number of carbonyl (C=O) groups is 1. The summed E-state index contributed by atoms with van der Waals surface area (Å²) in [6.45, 7) is 1.05. The predicted molar refractivity (Wildman–Crippen MR) is 88.8 cm³/mol. The van der Waals surface area contributed by atoms with Crippen molar-refractivity contribution < 1.29 is 22.0 Å². The number of benzene rings is 1. The Bertz CT molecular complexity index is 828. The Kier molecular flexibility index (Phi) is 5.19. The number of furan rings is 1. The number of piperazine rings is 1. The van der Waals surface area contributed by atoms with E-state index in [2.05, 4.69) is 0 Å². The molecule has 0 aliphatic carbocycles. The minimum absolute atomic E-state index is 0.0285. The highest BCUT2D eigenvalue weighted by Gasteiger charge is 2.30. The molecule has 1 aromatic heterocycles. The smallest absolute Gasteiger partial charge is 0.243 e. The lowest BCUT2D eigenvalue weighted by molar-refractivity contribution is -0.132. The number of hydrogen-bond donors (Lipinski definition) is 0. The lowest BCUT2D eigenvalue weighted by Gasteiger charge is -2.34. The quantitative estimate of drug-likeness (QED) is 0.810. The summed E-state index contributed by atoms with van der Waals surface area (Å²) in [6.07, 6.45) is 2.41. The summed E-state index contributed by atoms with van der Waals surface area (Å²) in [6, 6.07) is 8.55. The standard InChI is InChI=1S/C17H19FN2O4S/c18-14-3-1-5-16(13-14)25(22,23)20-10-8-19(9-11-20)17(21)7-6-15-4-2-12-24-15/h1-5,12-13H,6-11H2. The molecule has 1 saturated heterocycles. The molecule has 3 rings (SSSR count). The number of amides is 1. The fourth-order valence-corrected chi connectivity index (χ4v) is 4.25. The van der Waals surface area contributed by atoms with Gasteiger partial charge in [0.2, 0.25) is 15.9 Å². The van der Waals surface area contributed by atoms with Crippen molar-refractivity contribution in [3.63, 3.8) is 0 Å². The first-order valence-corrected chi connectivity index (χ1v) is 9.47. The maximum atomic E-state index is 13.3. The first kappa shape index (κ1) is 17.6. The molecule has 0 atom stereocenters. The lowest BCUT2D eigenvalue weighted by atomic mass is 10.2. The van der Waals surface area contributed by atoms with E-state index in [-0.39, 0.29) is 23.9 Å².